The Hall–Kier alpha value is -2.35. The van der Waals surface area contributed by atoms with E-state index in [9.17, 15) is 23.2 Å². The van der Waals surface area contributed by atoms with Gasteiger partial charge in [0.15, 0.2) is 0 Å². The summed E-state index contributed by atoms with van der Waals surface area (Å²) in [6, 6.07) is 3.16. The van der Waals surface area contributed by atoms with Crippen LogP contribution in [0.15, 0.2) is 29.1 Å². The molecule has 0 aromatic carbocycles. The van der Waals surface area contributed by atoms with E-state index in [1.54, 1.807) is 17.0 Å². The van der Waals surface area contributed by atoms with Gasteiger partial charge in [-0.05, 0) is 37.3 Å². The molecular weight excluding hydrogens is 392 g/mol. The number of aromatic nitrogens is 1. The fourth-order valence-corrected chi connectivity index (χ4v) is 3.78. The van der Waals surface area contributed by atoms with Crippen molar-refractivity contribution in [1.82, 2.24) is 15.2 Å². The number of pyridine rings is 1. The van der Waals surface area contributed by atoms with E-state index < -0.39 is 17.6 Å². The fraction of sp³-hybridized carbons (Fsp3) is 0.474. The molecule has 150 valence electrons. The number of halogens is 3. The lowest BCUT2D eigenvalue weighted by Crippen LogP contribution is -2.41. The van der Waals surface area contributed by atoms with Crippen molar-refractivity contribution in [3.63, 3.8) is 0 Å². The molecule has 1 aromatic heterocycles. The first-order valence-electron chi connectivity index (χ1n) is 9.05. The van der Waals surface area contributed by atoms with Crippen LogP contribution < -0.4 is 5.32 Å². The van der Waals surface area contributed by atoms with Crippen molar-refractivity contribution < 1.29 is 23.2 Å². The molecule has 3 rings (SSSR count). The van der Waals surface area contributed by atoms with E-state index in [4.69, 9.17) is 11.6 Å². The number of carbonyl (C=O) groups excluding carboxylic acids is 3. The standard InChI is InChI=1S/C19H20ClF2N3O3/c1-19(21,22)18(28)24-8-4-11-5-9-25(10-6-11)15-13(20)17(27)14-12(16(15)26)3-2-7-23-14/h2-3,7,11H,4-6,8-10H2,1H3,(H,24,28). The van der Waals surface area contributed by atoms with Crippen LogP contribution in [-0.4, -0.2) is 52.9 Å². The maximum absolute atomic E-state index is 12.8. The number of carbonyl (C=O) groups is 3. The highest BCUT2D eigenvalue weighted by molar-refractivity contribution is 6.49. The highest BCUT2D eigenvalue weighted by Crippen LogP contribution is 2.32. The van der Waals surface area contributed by atoms with Crippen molar-refractivity contribution in [1.29, 1.82) is 0 Å². The molecule has 9 heteroatoms. The summed E-state index contributed by atoms with van der Waals surface area (Å²) >= 11 is 6.20. The Bertz CT molecular complexity index is 843. The first kappa shape index (κ1) is 20.4. The molecule has 0 saturated carbocycles. The zero-order chi connectivity index (χ0) is 20.5. The van der Waals surface area contributed by atoms with Gasteiger partial charge < -0.3 is 10.2 Å². The normalized spacial score (nSPS) is 18.4. The van der Waals surface area contributed by atoms with E-state index in [0.29, 0.717) is 39.3 Å². The van der Waals surface area contributed by atoms with Crippen molar-refractivity contribution >= 4 is 29.1 Å². The number of Topliss-reactive ketones (excluding diaryl/α,β-unsaturated/α-hetero) is 2. The third-order valence-corrected chi connectivity index (χ3v) is 5.41. The molecule has 2 heterocycles. The number of alkyl halides is 2. The number of fused-ring (bicyclic) bond motifs is 1. The number of ketones is 2. The summed E-state index contributed by atoms with van der Waals surface area (Å²) in [7, 11) is 0. The summed E-state index contributed by atoms with van der Waals surface area (Å²) in [5.74, 6) is -5.21. The topological polar surface area (TPSA) is 79.4 Å². The van der Waals surface area contributed by atoms with Crippen molar-refractivity contribution in [2.75, 3.05) is 19.6 Å². The van der Waals surface area contributed by atoms with Gasteiger partial charge in [0.05, 0.1) is 5.56 Å². The largest absolute Gasteiger partial charge is 0.367 e. The fourth-order valence-electron chi connectivity index (χ4n) is 3.48. The lowest BCUT2D eigenvalue weighted by atomic mass is 9.90. The van der Waals surface area contributed by atoms with Crippen LogP contribution in [0.25, 0.3) is 0 Å². The first-order chi connectivity index (χ1) is 13.2. The molecule has 0 atom stereocenters. The molecular formula is C19H20ClF2N3O3. The van der Waals surface area contributed by atoms with E-state index in [1.807, 2.05) is 0 Å². The minimum Gasteiger partial charge on any atom is -0.367 e. The van der Waals surface area contributed by atoms with E-state index in [-0.39, 0.29) is 40.2 Å². The number of likely N-dealkylation sites (tertiary alicyclic amines) is 1. The summed E-state index contributed by atoms with van der Waals surface area (Å²) in [4.78, 5) is 42.2. The van der Waals surface area contributed by atoms with Gasteiger partial charge in [0, 0.05) is 32.8 Å². The average Bonchev–Trinajstić information content (AvgIpc) is 2.67. The Balaban J connectivity index is 1.59. The molecule has 0 unspecified atom stereocenters. The van der Waals surface area contributed by atoms with Crippen molar-refractivity contribution in [3.8, 4) is 0 Å². The van der Waals surface area contributed by atoms with Crippen LogP contribution >= 0.6 is 11.6 Å². The summed E-state index contributed by atoms with van der Waals surface area (Å²) in [6.45, 7) is 1.77. The molecule has 1 fully saturated rings. The van der Waals surface area contributed by atoms with Gasteiger partial charge in [-0.1, -0.05) is 11.6 Å². The number of hydrogen-bond donors (Lipinski definition) is 1. The Morgan fingerprint density at radius 3 is 2.64 bits per heavy atom. The number of piperidine rings is 1. The smallest absolute Gasteiger partial charge is 0.321 e. The highest BCUT2D eigenvalue weighted by atomic mass is 35.5. The minimum atomic E-state index is -3.38. The predicted octanol–water partition coefficient (Wildman–Crippen LogP) is 2.78. The Kier molecular flexibility index (Phi) is 5.79. The summed E-state index contributed by atoms with van der Waals surface area (Å²) < 4.78 is 25.7. The summed E-state index contributed by atoms with van der Waals surface area (Å²) in [5, 5.41) is 2.12. The highest BCUT2D eigenvalue weighted by Gasteiger charge is 2.36. The van der Waals surface area contributed by atoms with Gasteiger partial charge in [0.1, 0.15) is 16.4 Å². The summed E-state index contributed by atoms with van der Waals surface area (Å²) in [6.07, 6.45) is 3.42. The molecule has 0 radical (unpaired) electrons. The third-order valence-electron chi connectivity index (χ3n) is 5.06. The second kappa shape index (κ2) is 7.95. The first-order valence-corrected chi connectivity index (χ1v) is 9.43. The van der Waals surface area contributed by atoms with Crippen LogP contribution in [0.2, 0.25) is 0 Å². The zero-order valence-corrected chi connectivity index (χ0v) is 16.1. The lowest BCUT2D eigenvalue weighted by molar-refractivity contribution is -0.143. The second-order valence-corrected chi connectivity index (χ2v) is 7.46. The second-order valence-electron chi connectivity index (χ2n) is 7.08. The van der Waals surface area contributed by atoms with Gasteiger partial charge in [0.25, 0.3) is 5.91 Å². The van der Waals surface area contributed by atoms with Crippen LogP contribution in [0.4, 0.5) is 8.78 Å². The van der Waals surface area contributed by atoms with Gasteiger partial charge >= 0.3 is 5.92 Å². The van der Waals surface area contributed by atoms with E-state index >= 15 is 0 Å². The number of allylic oxidation sites excluding steroid dienone is 2. The molecule has 1 N–H and O–H groups in total. The van der Waals surface area contributed by atoms with Crippen LogP contribution in [0.3, 0.4) is 0 Å². The number of nitrogens with zero attached hydrogens (tertiary/aromatic N) is 2. The van der Waals surface area contributed by atoms with Crippen LogP contribution in [0.1, 0.15) is 47.0 Å². The zero-order valence-electron chi connectivity index (χ0n) is 15.3. The Morgan fingerprint density at radius 1 is 1.32 bits per heavy atom. The maximum atomic E-state index is 12.8. The molecule has 0 spiro atoms. The molecule has 1 saturated heterocycles. The molecule has 6 nitrogen and oxygen atoms in total. The number of hydrogen-bond acceptors (Lipinski definition) is 5. The predicted molar refractivity (Wildman–Crippen MR) is 98.3 cm³/mol. The molecule has 1 amide bonds. The van der Waals surface area contributed by atoms with Gasteiger partial charge in [0.2, 0.25) is 11.6 Å². The Morgan fingerprint density at radius 2 is 2.00 bits per heavy atom. The monoisotopic (exact) mass is 411 g/mol. The number of rotatable bonds is 5. The van der Waals surface area contributed by atoms with E-state index in [0.717, 1.165) is 0 Å². The van der Waals surface area contributed by atoms with Gasteiger partial charge in [-0.2, -0.15) is 8.78 Å². The molecule has 2 aliphatic rings. The number of amides is 1. The van der Waals surface area contributed by atoms with Crippen molar-refractivity contribution in [2.45, 2.75) is 32.1 Å². The van der Waals surface area contributed by atoms with E-state index in [1.165, 1.54) is 6.20 Å². The van der Waals surface area contributed by atoms with Crippen LogP contribution in [0, 0.1) is 5.92 Å². The maximum Gasteiger partial charge on any atom is 0.321 e. The van der Waals surface area contributed by atoms with Crippen molar-refractivity contribution in [3.05, 3.63) is 40.3 Å². The lowest BCUT2D eigenvalue weighted by Gasteiger charge is -2.36. The third kappa shape index (κ3) is 4.06. The van der Waals surface area contributed by atoms with Gasteiger partial charge in [-0.15, -0.1) is 0 Å². The Labute approximate surface area is 165 Å². The van der Waals surface area contributed by atoms with Crippen LogP contribution in [0.5, 0.6) is 0 Å². The summed E-state index contributed by atoms with van der Waals surface area (Å²) in [5.41, 5.74) is 0.515. The molecule has 1 aliphatic carbocycles. The van der Waals surface area contributed by atoms with Gasteiger partial charge in [-0.3, -0.25) is 19.4 Å². The van der Waals surface area contributed by atoms with Crippen molar-refractivity contribution in [2.24, 2.45) is 5.92 Å². The van der Waals surface area contributed by atoms with Gasteiger partial charge in [-0.25, -0.2) is 0 Å². The number of nitrogens with one attached hydrogen (secondary N) is 1. The molecule has 0 bridgehead atoms. The molecule has 28 heavy (non-hydrogen) atoms. The van der Waals surface area contributed by atoms with E-state index in [2.05, 4.69) is 10.3 Å². The quantitative estimate of drug-likeness (QED) is 0.806. The minimum absolute atomic E-state index is 0.0691. The SMILES string of the molecule is CC(F)(F)C(=O)NCCC1CCN(C2=C(Cl)C(=O)c3ncccc3C2=O)CC1. The average molecular weight is 412 g/mol. The van der Waals surface area contributed by atoms with Crippen LogP contribution in [-0.2, 0) is 4.79 Å². The molecule has 1 aromatic rings. The molecule has 1 aliphatic heterocycles.